The van der Waals surface area contributed by atoms with Gasteiger partial charge < -0.3 is 10.1 Å². The molecule has 1 aliphatic rings. The van der Waals surface area contributed by atoms with Gasteiger partial charge in [0.25, 0.3) is 0 Å². The molecular formula is C16H25NO. The van der Waals surface area contributed by atoms with E-state index in [0.29, 0.717) is 6.04 Å². The lowest BCUT2D eigenvalue weighted by atomic mass is 9.82. The van der Waals surface area contributed by atoms with E-state index in [1.54, 1.807) is 0 Å². The minimum atomic E-state index is -0.0351. The minimum absolute atomic E-state index is 0.0351. The number of benzene rings is 1. The topological polar surface area (TPSA) is 21.3 Å². The van der Waals surface area contributed by atoms with Crippen LogP contribution >= 0.6 is 0 Å². The van der Waals surface area contributed by atoms with Gasteiger partial charge in [0.1, 0.15) is 0 Å². The Hall–Kier alpha value is -0.860. The molecule has 1 aliphatic carbocycles. The molecule has 100 valence electrons. The Labute approximate surface area is 111 Å². The van der Waals surface area contributed by atoms with Gasteiger partial charge in [-0.25, -0.2) is 0 Å². The molecule has 0 aliphatic heterocycles. The predicted molar refractivity (Wildman–Crippen MR) is 75.7 cm³/mol. The molecule has 18 heavy (non-hydrogen) atoms. The van der Waals surface area contributed by atoms with Crippen LogP contribution in [0.25, 0.3) is 0 Å². The number of ether oxygens (including phenoxy) is 1. The van der Waals surface area contributed by atoms with Crippen molar-refractivity contribution in [1.82, 2.24) is 5.32 Å². The Morgan fingerprint density at radius 2 is 1.67 bits per heavy atom. The highest BCUT2D eigenvalue weighted by atomic mass is 16.5. The highest BCUT2D eigenvalue weighted by Gasteiger charge is 2.39. The van der Waals surface area contributed by atoms with E-state index in [4.69, 9.17) is 4.74 Å². The number of methoxy groups -OCH3 is 1. The van der Waals surface area contributed by atoms with Crippen LogP contribution in [-0.2, 0) is 4.74 Å². The largest absolute Gasteiger partial charge is 0.376 e. The van der Waals surface area contributed by atoms with Gasteiger partial charge in [0, 0.05) is 7.11 Å². The van der Waals surface area contributed by atoms with Crippen molar-refractivity contribution < 1.29 is 4.74 Å². The summed E-state index contributed by atoms with van der Waals surface area (Å²) in [6.45, 7) is 0. The molecule has 0 heterocycles. The maximum Gasteiger partial charge on any atom is 0.0872 e. The van der Waals surface area contributed by atoms with E-state index in [0.717, 1.165) is 12.8 Å². The van der Waals surface area contributed by atoms with Crippen molar-refractivity contribution in [3.05, 3.63) is 35.9 Å². The standard InChI is InChI=1S/C16H25NO/c1-17-15(14-10-6-5-7-11-14)16(18-2)12-8-3-4-9-13-16/h5-7,10-11,15,17H,3-4,8-9,12-13H2,1-2H3. The monoisotopic (exact) mass is 247 g/mol. The minimum Gasteiger partial charge on any atom is -0.376 e. The van der Waals surface area contributed by atoms with Gasteiger partial charge in [-0.3, -0.25) is 0 Å². The zero-order chi connectivity index (χ0) is 12.8. The molecule has 1 aromatic carbocycles. The summed E-state index contributed by atoms with van der Waals surface area (Å²) in [7, 11) is 3.92. The molecule has 1 saturated carbocycles. The van der Waals surface area contributed by atoms with Crippen molar-refractivity contribution >= 4 is 0 Å². The summed E-state index contributed by atoms with van der Waals surface area (Å²) in [4.78, 5) is 0. The first-order valence-corrected chi connectivity index (χ1v) is 7.10. The van der Waals surface area contributed by atoms with Crippen LogP contribution in [0.5, 0.6) is 0 Å². The molecule has 1 N–H and O–H groups in total. The molecule has 0 bridgehead atoms. The lowest BCUT2D eigenvalue weighted by Crippen LogP contribution is -2.44. The molecule has 0 aromatic heterocycles. The van der Waals surface area contributed by atoms with Gasteiger partial charge in [-0.1, -0.05) is 56.0 Å². The van der Waals surface area contributed by atoms with Crippen molar-refractivity contribution in [1.29, 1.82) is 0 Å². The number of rotatable bonds is 4. The van der Waals surface area contributed by atoms with Crippen molar-refractivity contribution in [2.24, 2.45) is 0 Å². The van der Waals surface area contributed by atoms with E-state index in [2.05, 4.69) is 35.6 Å². The van der Waals surface area contributed by atoms with Crippen LogP contribution in [0.1, 0.15) is 50.1 Å². The molecule has 1 fully saturated rings. The van der Waals surface area contributed by atoms with Gasteiger partial charge in [0.05, 0.1) is 11.6 Å². The second-order valence-electron chi connectivity index (χ2n) is 5.32. The van der Waals surface area contributed by atoms with Gasteiger partial charge in [0.2, 0.25) is 0 Å². The SMILES string of the molecule is CNC(c1ccccc1)C1(OC)CCCCCC1. The van der Waals surface area contributed by atoms with Gasteiger partial charge in [-0.15, -0.1) is 0 Å². The fraction of sp³-hybridized carbons (Fsp3) is 0.625. The number of likely N-dealkylation sites (N-methyl/N-ethyl adjacent to an activating group) is 1. The van der Waals surface area contributed by atoms with Gasteiger partial charge in [-0.05, 0) is 25.5 Å². The zero-order valence-corrected chi connectivity index (χ0v) is 11.6. The van der Waals surface area contributed by atoms with Crippen molar-refractivity contribution in [2.45, 2.75) is 50.2 Å². The third-order valence-electron chi connectivity index (χ3n) is 4.30. The normalized spacial score (nSPS) is 21.2. The molecule has 0 amide bonds. The van der Waals surface area contributed by atoms with Crippen LogP contribution in [0, 0.1) is 0 Å². The van der Waals surface area contributed by atoms with E-state index < -0.39 is 0 Å². The maximum atomic E-state index is 6.00. The second kappa shape index (κ2) is 6.35. The fourth-order valence-corrected chi connectivity index (χ4v) is 3.32. The molecule has 0 spiro atoms. The first-order chi connectivity index (χ1) is 8.82. The summed E-state index contributed by atoms with van der Waals surface area (Å²) in [5.41, 5.74) is 1.30. The van der Waals surface area contributed by atoms with Crippen LogP contribution in [0.2, 0.25) is 0 Å². The third-order valence-corrected chi connectivity index (χ3v) is 4.30. The summed E-state index contributed by atoms with van der Waals surface area (Å²) < 4.78 is 6.00. The van der Waals surface area contributed by atoms with Crippen molar-refractivity contribution in [3.8, 4) is 0 Å². The van der Waals surface area contributed by atoms with Crippen molar-refractivity contribution in [3.63, 3.8) is 0 Å². The maximum absolute atomic E-state index is 6.00. The van der Waals surface area contributed by atoms with Crippen LogP contribution in [0.15, 0.2) is 30.3 Å². The molecule has 2 nitrogen and oxygen atoms in total. The number of hydrogen-bond donors (Lipinski definition) is 1. The fourth-order valence-electron chi connectivity index (χ4n) is 3.32. The smallest absolute Gasteiger partial charge is 0.0872 e. The lowest BCUT2D eigenvalue weighted by Gasteiger charge is -2.39. The van der Waals surface area contributed by atoms with E-state index in [1.807, 2.05) is 14.2 Å². The predicted octanol–water partition coefficient (Wildman–Crippen LogP) is 3.69. The summed E-state index contributed by atoms with van der Waals surface area (Å²) in [6, 6.07) is 11.0. The van der Waals surface area contributed by atoms with E-state index >= 15 is 0 Å². The molecule has 0 saturated heterocycles. The average molecular weight is 247 g/mol. The van der Waals surface area contributed by atoms with E-state index in [9.17, 15) is 0 Å². The zero-order valence-electron chi connectivity index (χ0n) is 11.6. The highest BCUT2D eigenvalue weighted by molar-refractivity contribution is 5.22. The Balaban J connectivity index is 2.27. The Bertz CT molecular complexity index is 341. The number of hydrogen-bond acceptors (Lipinski definition) is 2. The van der Waals surface area contributed by atoms with Crippen LogP contribution in [0.4, 0.5) is 0 Å². The first kappa shape index (κ1) is 13.6. The van der Waals surface area contributed by atoms with Crippen LogP contribution in [0.3, 0.4) is 0 Å². The molecule has 2 heteroatoms. The van der Waals surface area contributed by atoms with Crippen molar-refractivity contribution in [2.75, 3.05) is 14.2 Å². The molecule has 1 aromatic rings. The summed E-state index contributed by atoms with van der Waals surface area (Å²) in [5, 5.41) is 3.48. The summed E-state index contributed by atoms with van der Waals surface area (Å²) in [6.07, 6.45) is 7.55. The Morgan fingerprint density at radius 3 is 2.17 bits per heavy atom. The Kier molecular flexibility index (Phi) is 4.79. The van der Waals surface area contributed by atoms with E-state index in [1.165, 1.54) is 31.2 Å². The van der Waals surface area contributed by atoms with E-state index in [-0.39, 0.29) is 5.60 Å². The van der Waals surface area contributed by atoms with Crippen LogP contribution < -0.4 is 5.32 Å². The molecule has 1 atom stereocenters. The highest BCUT2D eigenvalue weighted by Crippen LogP contribution is 2.39. The van der Waals surface area contributed by atoms with Gasteiger partial charge >= 0.3 is 0 Å². The molecule has 1 unspecified atom stereocenters. The molecule has 2 rings (SSSR count). The lowest BCUT2D eigenvalue weighted by molar-refractivity contribution is -0.0522. The van der Waals surface area contributed by atoms with Crippen LogP contribution in [-0.4, -0.2) is 19.8 Å². The van der Waals surface area contributed by atoms with Gasteiger partial charge in [0.15, 0.2) is 0 Å². The van der Waals surface area contributed by atoms with Gasteiger partial charge in [-0.2, -0.15) is 0 Å². The third kappa shape index (κ3) is 2.76. The Morgan fingerprint density at radius 1 is 1.06 bits per heavy atom. The molecular weight excluding hydrogens is 222 g/mol. The summed E-state index contributed by atoms with van der Waals surface area (Å²) in [5.74, 6) is 0. The number of nitrogens with one attached hydrogen (secondary N) is 1. The quantitative estimate of drug-likeness (QED) is 0.819. The first-order valence-electron chi connectivity index (χ1n) is 7.10. The second-order valence-corrected chi connectivity index (χ2v) is 5.32. The average Bonchev–Trinajstić information content (AvgIpc) is 2.67. The summed E-state index contributed by atoms with van der Waals surface area (Å²) >= 11 is 0. The molecule has 0 radical (unpaired) electrons.